The Hall–Kier alpha value is -2.65. The Bertz CT molecular complexity index is 652. The Morgan fingerprint density at radius 3 is 2.57 bits per heavy atom. The van der Waals surface area contributed by atoms with Crippen LogP contribution in [-0.2, 0) is 19.2 Å². The summed E-state index contributed by atoms with van der Waals surface area (Å²) in [6.45, 7) is 4.33. The van der Waals surface area contributed by atoms with Gasteiger partial charge in [0.2, 0.25) is 23.6 Å². The monoisotopic (exact) mass is 395 g/mol. The van der Waals surface area contributed by atoms with E-state index in [0.717, 1.165) is 4.90 Å². The van der Waals surface area contributed by atoms with Gasteiger partial charge < -0.3 is 21.3 Å². The van der Waals surface area contributed by atoms with Crippen LogP contribution in [0.25, 0.3) is 0 Å². The van der Waals surface area contributed by atoms with Crippen LogP contribution in [0.1, 0.15) is 46.0 Å². The van der Waals surface area contributed by atoms with Crippen LogP contribution in [0.3, 0.4) is 0 Å². The maximum Gasteiger partial charge on any atom is 0.324 e. The van der Waals surface area contributed by atoms with Crippen molar-refractivity contribution in [2.24, 2.45) is 11.7 Å². The van der Waals surface area contributed by atoms with E-state index in [1.807, 2.05) is 6.92 Å². The molecule has 2 saturated heterocycles. The normalized spacial score (nSPS) is 22.9. The molecule has 2 heterocycles. The molecule has 2 aliphatic rings. The van der Waals surface area contributed by atoms with Crippen LogP contribution in [0.2, 0.25) is 0 Å². The first-order valence-corrected chi connectivity index (χ1v) is 9.65. The maximum atomic E-state index is 13.0. The second-order valence-corrected chi connectivity index (χ2v) is 7.53. The fraction of sp³-hybridized carbons (Fsp3) is 0.722. The molecule has 4 N–H and O–H groups in total. The van der Waals surface area contributed by atoms with Gasteiger partial charge in [0.25, 0.3) is 0 Å². The van der Waals surface area contributed by atoms with E-state index in [1.54, 1.807) is 0 Å². The van der Waals surface area contributed by atoms with Gasteiger partial charge in [-0.2, -0.15) is 0 Å². The average molecular weight is 395 g/mol. The molecule has 6 amide bonds. The minimum atomic E-state index is -0.898. The number of carbonyl (C=O) groups is 5. The Labute approximate surface area is 164 Å². The SMILES string of the molecule is CC(=O)NCCCC(NC(=O)N1CC(C)CC1=O)C(=O)N1CCC[C@H]1C(N)=O. The van der Waals surface area contributed by atoms with E-state index < -0.39 is 29.9 Å². The molecular formula is C18H29N5O5. The van der Waals surface area contributed by atoms with Crippen molar-refractivity contribution in [3.63, 3.8) is 0 Å². The molecule has 0 radical (unpaired) electrons. The number of nitrogens with zero attached hydrogens (tertiary/aromatic N) is 2. The standard InChI is InChI=1S/C18H29N5O5/c1-11-9-15(25)23(10-11)18(28)21-13(5-3-7-20-12(2)24)17(27)22-8-4-6-14(22)16(19)26/h11,13-14H,3-10H2,1-2H3,(H2,19,26)(H,20,24)(H,21,28)/t11?,13?,14-/m0/s1. The fourth-order valence-corrected chi connectivity index (χ4v) is 3.66. The summed E-state index contributed by atoms with van der Waals surface area (Å²) in [5, 5.41) is 5.29. The molecule has 156 valence electrons. The van der Waals surface area contributed by atoms with Crippen molar-refractivity contribution in [2.45, 2.75) is 58.0 Å². The molecule has 3 atom stereocenters. The van der Waals surface area contributed by atoms with Crippen molar-refractivity contribution in [2.75, 3.05) is 19.6 Å². The van der Waals surface area contributed by atoms with Crippen LogP contribution in [0, 0.1) is 5.92 Å². The molecule has 0 aromatic rings. The molecule has 2 fully saturated rings. The molecule has 2 unspecified atom stereocenters. The number of nitrogens with one attached hydrogen (secondary N) is 2. The van der Waals surface area contributed by atoms with Gasteiger partial charge in [0, 0.05) is 33.0 Å². The lowest BCUT2D eigenvalue weighted by Gasteiger charge is -2.29. The molecule has 0 aliphatic carbocycles. The summed E-state index contributed by atoms with van der Waals surface area (Å²) in [7, 11) is 0. The summed E-state index contributed by atoms with van der Waals surface area (Å²) in [5.41, 5.74) is 5.39. The summed E-state index contributed by atoms with van der Waals surface area (Å²) in [6, 6.07) is -2.19. The number of carbonyl (C=O) groups excluding carboxylic acids is 5. The van der Waals surface area contributed by atoms with Crippen molar-refractivity contribution >= 4 is 29.7 Å². The van der Waals surface area contributed by atoms with Crippen LogP contribution in [0.15, 0.2) is 0 Å². The molecular weight excluding hydrogens is 366 g/mol. The molecule has 0 aromatic carbocycles. The lowest BCUT2D eigenvalue weighted by molar-refractivity contribution is -0.139. The van der Waals surface area contributed by atoms with Crippen molar-refractivity contribution in [3.05, 3.63) is 0 Å². The third-order valence-corrected chi connectivity index (χ3v) is 5.07. The van der Waals surface area contributed by atoms with Crippen molar-refractivity contribution in [1.29, 1.82) is 0 Å². The van der Waals surface area contributed by atoms with Gasteiger partial charge in [0.1, 0.15) is 12.1 Å². The summed E-state index contributed by atoms with van der Waals surface area (Å²) in [6.07, 6.45) is 2.17. The van der Waals surface area contributed by atoms with Gasteiger partial charge in [-0.1, -0.05) is 6.92 Å². The summed E-state index contributed by atoms with van der Waals surface area (Å²) < 4.78 is 0. The Kier molecular flexibility index (Phi) is 7.36. The first-order chi connectivity index (χ1) is 13.2. The first kappa shape index (κ1) is 21.6. The molecule has 0 aromatic heterocycles. The van der Waals surface area contributed by atoms with Gasteiger partial charge in [0.15, 0.2) is 0 Å². The van der Waals surface area contributed by atoms with E-state index in [2.05, 4.69) is 10.6 Å². The number of likely N-dealkylation sites (tertiary alicyclic amines) is 2. The highest BCUT2D eigenvalue weighted by Gasteiger charge is 2.38. The molecule has 10 heteroatoms. The minimum absolute atomic E-state index is 0.0741. The first-order valence-electron chi connectivity index (χ1n) is 9.65. The second kappa shape index (κ2) is 9.52. The smallest absolute Gasteiger partial charge is 0.324 e. The second-order valence-electron chi connectivity index (χ2n) is 7.53. The van der Waals surface area contributed by atoms with Gasteiger partial charge in [0.05, 0.1) is 0 Å². The van der Waals surface area contributed by atoms with Gasteiger partial charge in [-0.25, -0.2) is 4.79 Å². The zero-order valence-corrected chi connectivity index (χ0v) is 16.4. The van der Waals surface area contributed by atoms with Crippen LogP contribution >= 0.6 is 0 Å². The average Bonchev–Trinajstić information content (AvgIpc) is 3.23. The minimum Gasteiger partial charge on any atom is -0.368 e. The topological polar surface area (TPSA) is 142 Å². The molecule has 2 rings (SSSR count). The highest BCUT2D eigenvalue weighted by molar-refractivity contribution is 5.98. The third-order valence-electron chi connectivity index (χ3n) is 5.07. The molecule has 0 bridgehead atoms. The van der Waals surface area contributed by atoms with Gasteiger partial charge in [-0.15, -0.1) is 0 Å². The Balaban J connectivity index is 2.06. The number of nitrogens with two attached hydrogens (primary N) is 1. The summed E-state index contributed by atoms with van der Waals surface area (Å²) in [5.74, 6) is -1.34. The van der Waals surface area contributed by atoms with Crippen LogP contribution in [0.4, 0.5) is 4.79 Å². The molecule has 28 heavy (non-hydrogen) atoms. The number of amides is 6. The third kappa shape index (κ3) is 5.43. The highest BCUT2D eigenvalue weighted by atomic mass is 16.2. The molecule has 0 saturated carbocycles. The van der Waals surface area contributed by atoms with E-state index in [-0.39, 0.29) is 24.2 Å². The number of imide groups is 1. The van der Waals surface area contributed by atoms with Gasteiger partial charge in [-0.05, 0) is 31.6 Å². The number of primary amides is 1. The van der Waals surface area contributed by atoms with E-state index in [0.29, 0.717) is 45.3 Å². The predicted octanol–water partition coefficient (Wildman–Crippen LogP) is -0.674. The summed E-state index contributed by atoms with van der Waals surface area (Å²) in [4.78, 5) is 62.7. The van der Waals surface area contributed by atoms with Crippen LogP contribution in [-0.4, -0.2) is 71.2 Å². The zero-order valence-electron chi connectivity index (χ0n) is 16.4. The quantitative estimate of drug-likeness (QED) is 0.490. The van der Waals surface area contributed by atoms with Crippen molar-refractivity contribution in [1.82, 2.24) is 20.4 Å². The van der Waals surface area contributed by atoms with Crippen LogP contribution < -0.4 is 16.4 Å². The molecule has 0 spiro atoms. The zero-order chi connectivity index (χ0) is 20.8. The van der Waals surface area contributed by atoms with Gasteiger partial charge >= 0.3 is 6.03 Å². The molecule has 10 nitrogen and oxygen atoms in total. The fourth-order valence-electron chi connectivity index (χ4n) is 3.66. The number of hydrogen-bond acceptors (Lipinski definition) is 5. The molecule has 2 aliphatic heterocycles. The number of hydrogen-bond donors (Lipinski definition) is 3. The Morgan fingerprint density at radius 2 is 2.00 bits per heavy atom. The highest BCUT2D eigenvalue weighted by Crippen LogP contribution is 2.20. The maximum absolute atomic E-state index is 13.0. The number of urea groups is 1. The van der Waals surface area contributed by atoms with Gasteiger partial charge in [-0.3, -0.25) is 24.1 Å². The largest absolute Gasteiger partial charge is 0.368 e. The van der Waals surface area contributed by atoms with E-state index in [9.17, 15) is 24.0 Å². The Morgan fingerprint density at radius 1 is 1.29 bits per heavy atom. The van der Waals surface area contributed by atoms with E-state index >= 15 is 0 Å². The van der Waals surface area contributed by atoms with Crippen molar-refractivity contribution < 1.29 is 24.0 Å². The van der Waals surface area contributed by atoms with E-state index in [1.165, 1.54) is 11.8 Å². The lowest BCUT2D eigenvalue weighted by Crippen LogP contribution is -2.55. The van der Waals surface area contributed by atoms with Crippen LogP contribution in [0.5, 0.6) is 0 Å². The van der Waals surface area contributed by atoms with E-state index in [4.69, 9.17) is 5.73 Å². The predicted molar refractivity (Wildman–Crippen MR) is 99.7 cm³/mol. The summed E-state index contributed by atoms with van der Waals surface area (Å²) >= 11 is 0. The van der Waals surface area contributed by atoms with Crippen molar-refractivity contribution in [3.8, 4) is 0 Å². The number of rotatable bonds is 7. The lowest BCUT2D eigenvalue weighted by atomic mass is 10.1.